The summed E-state index contributed by atoms with van der Waals surface area (Å²) in [6, 6.07) is 0. The van der Waals surface area contributed by atoms with Gasteiger partial charge in [0.1, 0.15) is 0 Å². The molecule has 3 fully saturated rings. The van der Waals surface area contributed by atoms with E-state index in [1.807, 2.05) is 0 Å². The minimum Gasteiger partial charge on any atom is -0.469 e. The fourth-order valence-corrected chi connectivity index (χ4v) is 3.34. The Morgan fingerprint density at radius 2 is 1.67 bits per heavy atom. The number of hydrogen-bond acceptors (Lipinski definition) is 2. The van der Waals surface area contributed by atoms with Crippen molar-refractivity contribution >= 4 is 5.97 Å². The monoisotopic (exact) mass is 208 g/mol. The van der Waals surface area contributed by atoms with Crippen LogP contribution in [0.2, 0.25) is 0 Å². The minimum absolute atomic E-state index is 0.0243. The zero-order chi connectivity index (χ0) is 10.9. The van der Waals surface area contributed by atoms with Crippen molar-refractivity contribution in [3.8, 4) is 0 Å². The molecular weight excluding hydrogens is 188 g/mol. The van der Waals surface area contributed by atoms with Crippen LogP contribution in [-0.4, -0.2) is 13.1 Å². The number of allylic oxidation sites excluding steroid dienone is 2. The average molecular weight is 208 g/mol. The Bertz CT molecular complexity index is 266. The van der Waals surface area contributed by atoms with E-state index in [1.165, 1.54) is 7.11 Å². The molecule has 3 rings (SSSR count). The Kier molecular flexibility index (Phi) is 2.61. The molecule has 15 heavy (non-hydrogen) atoms. The molecule has 3 aliphatic carbocycles. The summed E-state index contributed by atoms with van der Waals surface area (Å²) in [6.45, 7) is 2.09. The molecule has 0 heterocycles. The van der Waals surface area contributed by atoms with Crippen LogP contribution in [0.4, 0.5) is 0 Å². The van der Waals surface area contributed by atoms with E-state index in [-0.39, 0.29) is 11.4 Å². The second kappa shape index (κ2) is 3.66. The Labute approximate surface area is 91.7 Å². The van der Waals surface area contributed by atoms with Gasteiger partial charge in [0.15, 0.2) is 0 Å². The van der Waals surface area contributed by atoms with Crippen LogP contribution >= 0.6 is 0 Å². The van der Waals surface area contributed by atoms with E-state index in [0.29, 0.717) is 5.41 Å². The standard InChI is InChI=1S/C13H20O2/c1-3-4-12-5-8-13(9-6-12,10-7-12)11(14)15-2/h3-4H,5-10H2,1-2H3/b4-3-. The molecule has 0 unspecified atom stereocenters. The van der Waals surface area contributed by atoms with Gasteiger partial charge in [-0.25, -0.2) is 0 Å². The molecule has 0 aromatic carbocycles. The number of esters is 1. The zero-order valence-electron chi connectivity index (χ0n) is 9.71. The van der Waals surface area contributed by atoms with Crippen LogP contribution in [0.25, 0.3) is 0 Å². The fraction of sp³-hybridized carbons (Fsp3) is 0.769. The third-order valence-corrected chi connectivity index (χ3v) is 4.44. The molecule has 0 spiro atoms. The van der Waals surface area contributed by atoms with Gasteiger partial charge in [-0.05, 0) is 50.9 Å². The highest BCUT2D eigenvalue weighted by Gasteiger charge is 2.51. The lowest BCUT2D eigenvalue weighted by Crippen LogP contribution is -2.45. The number of carbonyl (C=O) groups is 1. The van der Waals surface area contributed by atoms with E-state index in [4.69, 9.17) is 4.74 Å². The largest absolute Gasteiger partial charge is 0.469 e. The van der Waals surface area contributed by atoms with Crippen LogP contribution in [0.5, 0.6) is 0 Å². The lowest BCUT2D eigenvalue weighted by Gasteiger charge is -2.50. The molecule has 2 bridgehead atoms. The summed E-state index contributed by atoms with van der Waals surface area (Å²) >= 11 is 0. The van der Waals surface area contributed by atoms with Gasteiger partial charge in [-0.1, -0.05) is 12.2 Å². The zero-order valence-corrected chi connectivity index (χ0v) is 9.71. The summed E-state index contributed by atoms with van der Waals surface area (Å²) in [7, 11) is 1.51. The van der Waals surface area contributed by atoms with Crippen LogP contribution in [0.15, 0.2) is 12.2 Å². The van der Waals surface area contributed by atoms with Gasteiger partial charge in [0.2, 0.25) is 0 Å². The molecule has 0 saturated heterocycles. The van der Waals surface area contributed by atoms with Gasteiger partial charge in [-0.15, -0.1) is 0 Å². The summed E-state index contributed by atoms with van der Waals surface area (Å²) in [5, 5.41) is 0. The van der Waals surface area contributed by atoms with Crippen LogP contribution in [-0.2, 0) is 9.53 Å². The minimum atomic E-state index is -0.127. The average Bonchev–Trinajstić information content (AvgIpc) is 2.30. The number of methoxy groups -OCH3 is 1. The number of hydrogen-bond donors (Lipinski definition) is 0. The van der Waals surface area contributed by atoms with Gasteiger partial charge in [0, 0.05) is 0 Å². The molecule has 0 aromatic heterocycles. The molecule has 0 radical (unpaired) electrons. The van der Waals surface area contributed by atoms with Crippen LogP contribution in [0.1, 0.15) is 45.4 Å². The van der Waals surface area contributed by atoms with Crippen molar-refractivity contribution in [2.45, 2.75) is 45.4 Å². The molecule has 2 heteroatoms. The van der Waals surface area contributed by atoms with E-state index >= 15 is 0 Å². The van der Waals surface area contributed by atoms with E-state index < -0.39 is 0 Å². The third kappa shape index (κ3) is 1.60. The van der Waals surface area contributed by atoms with Crippen LogP contribution < -0.4 is 0 Å². The third-order valence-electron chi connectivity index (χ3n) is 4.44. The van der Waals surface area contributed by atoms with Gasteiger partial charge >= 0.3 is 5.97 Å². The molecule has 84 valence electrons. The molecule has 0 atom stereocenters. The second-order valence-electron chi connectivity index (χ2n) is 5.13. The first-order valence-electron chi connectivity index (χ1n) is 5.89. The van der Waals surface area contributed by atoms with Crippen molar-refractivity contribution in [2.75, 3.05) is 7.11 Å². The normalized spacial score (nSPS) is 39.6. The van der Waals surface area contributed by atoms with Crippen molar-refractivity contribution in [2.24, 2.45) is 10.8 Å². The highest BCUT2D eigenvalue weighted by molar-refractivity contribution is 5.77. The summed E-state index contributed by atoms with van der Waals surface area (Å²) in [6.07, 6.45) is 11.0. The smallest absolute Gasteiger partial charge is 0.311 e. The molecule has 0 amide bonds. The predicted octanol–water partition coefficient (Wildman–Crippen LogP) is 3.08. The molecule has 0 aliphatic heterocycles. The quantitative estimate of drug-likeness (QED) is 0.515. The van der Waals surface area contributed by atoms with Crippen molar-refractivity contribution in [3.63, 3.8) is 0 Å². The van der Waals surface area contributed by atoms with Gasteiger partial charge in [-0.2, -0.15) is 0 Å². The Morgan fingerprint density at radius 1 is 1.13 bits per heavy atom. The van der Waals surface area contributed by atoms with Crippen LogP contribution in [0.3, 0.4) is 0 Å². The maximum absolute atomic E-state index is 11.8. The number of fused-ring (bicyclic) bond motifs is 3. The maximum atomic E-state index is 11.8. The first-order chi connectivity index (χ1) is 7.16. The molecule has 3 saturated carbocycles. The number of rotatable bonds is 2. The first kappa shape index (κ1) is 10.7. The SMILES string of the molecule is C/C=C\C12CCC(C(=O)OC)(CC1)CC2. The van der Waals surface area contributed by atoms with Gasteiger partial charge in [0.25, 0.3) is 0 Å². The lowest BCUT2D eigenvalue weighted by molar-refractivity contribution is -0.161. The molecule has 2 nitrogen and oxygen atoms in total. The molecule has 0 aromatic rings. The molecule has 3 aliphatic rings. The second-order valence-corrected chi connectivity index (χ2v) is 5.13. The van der Waals surface area contributed by atoms with E-state index in [9.17, 15) is 4.79 Å². The van der Waals surface area contributed by atoms with Gasteiger partial charge < -0.3 is 4.74 Å². The Balaban J connectivity index is 2.13. The molecule has 0 N–H and O–H groups in total. The van der Waals surface area contributed by atoms with Crippen molar-refractivity contribution in [3.05, 3.63) is 12.2 Å². The van der Waals surface area contributed by atoms with Crippen molar-refractivity contribution < 1.29 is 9.53 Å². The number of ether oxygens (including phenoxy) is 1. The van der Waals surface area contributed by atoms with E-state index in [0.717, 1.165) is 38.5 Å². The van der Waals surface area contributed by atoms with Gasteiger partial charge in [-0.3, -0.25) is 4.79 Å². The topological polar surface area (TPSA) is 26.3 Å². The van der Waals surface area contributed by atoms with Crippen LogP contribution in [0, 0.1) is 10.8 Å². The Morgan fingerprint density at radius 3 is 2.07 bits per heavy atom. The summed E-state index contributed by atoms with van der Waals surface area (Å²) < 4.78 is 4.94. The highest BCUT2D eigenvalue weighted by atomic mass is 16.5. The Hall–Kier alpha value is -0.790. The molecular formula is C13H20O2. The van der Waals surface area contributed by atoms with Crippen molar-refractivity contribution in [1.82, 2.24) is 0 Å². The summed E-state index contributed by atoms with van der Waals surface area (Å²) in [5.41, 5.74) is 0.280. The fourth-order valence-electron chi connectivity index (χ4n) is 3.34. The van der Waals surface area contributed by atoms with Gasteiger partial charge in [0.05, 0.1) is 12.5 Å². The maximum Gasteiger partial charge on any atom is 0.311 e. The first-order valence-corrected chi connectivity index (χ1v) is 5.89. The van der Waals surface area contributed by atoms with E-state index in [1.54, 1.807) is 0 Å². The van der Waals surface area contributed by atoms with E-state index in [2.05, 4.69) is 19.1 Å². The number of carbonyl (C=O) groups excluding carboxylic acids is 1. The predicted molar refractivity (Wildman–Crippen MR) is 59.4 cm³/mol. The lowest BCUT2D eigenvalue weighted by atomic mass is 9.53. The van der Waals surface area contributed by atoms with Crippen molar-refractivity contribution in [1.29, 1.82) is 0 Å². The highest BCUT2D eigenvalue weighted by Crippen LogP contribution is 2.57. The summed E-state index contributed by atoms with van der Waals surface area (Å²) in [5.74, 6) is 0.0243. The summed E-state index contributed by atoms with van der Waals surface area (Å²) in [4.78, 5) is 11.8.